The van der Waals surface area contributed by atoms with E-state index in [9.17, 15) is 9.59 Å². The Balaban J connectivity index is 4.18. The standard InChI is InChI=1S/C20H36O4/c1-5-9-11-13-17(7-3)23-19(21)15-16-20(22)24-18(8-4)14-12-10-6-2/h15-18H,5-14H2,1-4H3. The lowest BCUT2D eigenvalue weighted by molar-refractivity contribution is -0.146. The summed E-state index contributed by atoms with van der Waals surface area (Å²) in [5, 5.41) is 0. The average molecular weight is 341 g/mol. The van der Waals surface area contributed by atoms with Crippen LogP contribution in [0.3, 0.4) is 0 Å². The fraction of sp³-hybridized carbons (Fsp3) is 0.800. The molecule has 0 aromatic heterocycles. The molecule has 0 N–H and O–H groups in total. The maximum Gasteiger partial charge on any atom is 0.331 e. The van der Waals surface area contributed by atoms with Crippen LogP contribution in [-0.2, 0) is 19.1 Å². The highest BCUT2D eigenvalue weighted by atomic mass is 16.5. The van der Waals surface area contributed by atoms with Crippen LogP contribution in [0.15, 0.2) is 12.2 Å². The Bertz CT molecular complexity index is 329. The van der Waals surface area contributed by atoms with Crippen LogP contribution >= 0.6 is 0 Å². The van der Waals surface area contributed by atoms with E-state index >= 15 is 0 Å². The largest absolute Gasteiger partial charge is 0.459 e. The zero-order valence-corrected chi connectivity index (χ0v) is 16.0. The number of hydrogen-bond acceptors (Lipinski definition) is 4. The molecule has 0 saturated heterocycles. The summed E-state index contributed by atoms with van der Waals surface area (Å²) in [4.78, 5) is 23.6. The highest BCUT2D eigenvalue weighted by Gasteiger charge is 2.12. The van der Waals surface area contributed by atoms with E-state index in [1.165, 1.54) is 12.2 Å². The van der Waals surface area contributed by atoms with Crippen LogP contribution in [0.4, 0.5) is 0 Å². The van der Waals surface area contributed by atoms with Gasteiger partial charge in [0, 0.05) is 12.2 Å². The number of ether oxygens (including phenoxy) is 2. The van der Waals surface area contributed by atoms with Crippen molar-refractivity contribution in [2.24, 2.45) is 0 Å². The molecule has 0 saturated carbocycles. The van der Waals surface area contributed by atoms with E-state index < -0.39 is 11.9 Å². The summed E-state index contributed by atoms with van der Waals surface area (Å²) in [6, 6.07) is 0. The molecule has 140 valence electrons. The zero-order chi connectivity index (χ0) is 18.2. The van der Waals surface area contributed by atoms with Crippen molar-refractivity contribution in [3.05, 3.63) is 12.2 Å². The molecular formula is C20H36O4. The molecule has 4 heteroatoms. The predicted octanol–water partition coefficient (Wildman–Crippen LogP) is 5.35. The monoisotopic (exact) mass is 340 g/mol. The van der Waals surface area contributed by atoms with Crippen LogP contribution in [0, 0.1) is 0 Å². The molecule has 0 amide bonds. The van der Waals surface area contributed by atoms with E-state index in [1.807, 2.05) is 13.8 Å². The van der Waals surface area contributed by atoms with Gasteiger partial charge < -0.3 is 9.47 Å². The van der Waals surface area contributed by atoms with E-state index in [0.29, 0.717) is 0 Å². The molecule has 0 aliphatic heterocycles. The Morgan fingerprint density at radius 2 is 1.08 bits per heavy atom. The van der Waals surface area contributed by atoms with Crippen LogP contribution in [0.2, 0.25) is 0 Å². The number of esters is 2. The lowest BCUT2D eigenvalue weighted by atomic mass is 10.1. The summed E-state index contributed by atoms with van der Waals surface area (Å²) in [6.07, 6.45) is 12.3. The summed E-state index contributed by atoms with van der Waals surface area (Å²) >= 11 is 0. The molecule has 0 heterocycles. The molecule has 2 atom stereocenters. The Hall–Kier alpha value is -1.32. The third-order valence-corrected chi connectivity index (χ3v) is 4.09. The fourth-order valence-corrected chi connectivity index (χ4v) is 2.48. The second-order valence-corrected chi connectivity index (χ2v) is 6.26. The minimum Gasteiger partial charge on any atom is -0.459 e. The maximum absolute atomic E-state index is 11.8. The van der Waals surface area contributed by atoms with E-state index in [1.54, 1.807) is 0 Å². The Morgan fingerprint density at radius 1 is 0.708 bits per heavy atom. The minimum atomic E-state index is -0.464. The number of unbranched alkanes of at least 4 members (excludes halogenated alkanes) is 4. The van der Waals surface area contributed by atoms with Crippen molar-refractivity contribution in [2.45, 2.75) is 104 Å². The number of rotatable bonds is 14. The van der Waals surface area contributed by atoms with Crippen molar-refractivity contribution < 1.29 is 19.1 Å². The van der Waals surface area contributed by atoms with Crippen LogP contribution in [0.1, 0.15) is 91.9 Å². The lowest BCUT2D eigenvalue weighted by Gasteiger charge is -2.15. The average Bonchev–Trinajstić information content (AvgIpc) is 2.58. The third-order valence-electron chi connectivity index (χ3n) is 4.09. The SMILES string of the molecule is CCCCCC(CC)OC(=O)C=CC(=O)OC(CC)CCCCC. The van der Waals surface area contributed by atoms with Crippen molar-refractivity contribution >= 4 is 11.9 Å². The smallest absolute Gasteiger partial charge is 0.331 e. The number of carbonyl (C=O) groups excluding carboxylic acids is 2. The van der Waals surface area contributed by atoms with Crippen molar-refractivity contribution in [3.8, 4) is 0 Å². The number of hydrogen-bond donors (Lipinski definition) is 0. The maximum atomic E-state index is 11.8. The van der Waals surface area contributed by atoms with Gasteiger partial charge in [-0.2, -0.15) is 0 Å². The molecule has 0 fully saturated rings. The van der Waals surface area contributed by atoms with Gasteiger partial charge in [0.25, 0.3) is 0 Å². The third kappa shape index (κ3) is 12.1. The molecule has 0 bridgehead atoms. The lowest BCUT2D eigenvalue weighted by Crippen LogP contribution is -2.18. The molecular weight excluding hydrogens is 304 g/mol. The topological polar surface area (TPSA) is 52.6 Å². The Morgan fingerprint density at radius 3 is 1.38 bits per heavy atom. The minimum absolute atomic E-state index is 0.0674. The zero-order valence-electron chi connectivity index (χ0n) is 16.0. The molecule has 0 aliphatic rings. The van der Waals surface area contributed by atoms with Crippen LogP contribution in [0.5, 0.6) is 0 Å². The summed E-state index contributed by atoms with van der Waals surface area (Å²) in [5.74, 6) is -0.927. The molecule has 0 radical (unpaired) electrons. The van der Waals surface area contributed by atoms with Gasteiger partial charge in [0.05, 0.1) is 0 Å². The molecule has 24 heavy (non-hydrogen) atoms. The van der Waals surface area contributed by atoms with Crippen LogP contribution < -0.4 is 0 Å². The quantitative estimate of drug-likeness (QED) is 0.243. The molecule has 0 aromatic carbocycles. The molecule has 0 spiro atoms. The van der Waals surface area contributed by atoms with E-state index in [0.717, 1.165) is 64.2 Å². The summed E-state index contributed by atoms with van der Waals surface area (Å²) in [6.45, 7) is 8.30. The first-order valence-electron chi connectivity index (χ1n) is 9.66. The van der Waals surface area contributed by atoms with Gasteiger partial charge in [0.1, 0.15) is 12.2 Å². The van der Waals surface area contributed by atoms with Crippen molar-refractivity contribution in [1.82, 2.24) is 0 Å². The first kappa shape index (κ1) is 22.7. The highest BCUT2D eigenvalue weighted by molar-refractivity contribution is 5.91. The van der Waals surface area contributed by atoms with Gasteiger partial charge in [-0.05, 0) is 38.5 Å². The molecule has 2 unspecified atom stereocenters. The fourth-order valence-electron chi connectivity index (χ4n) is 2.48. The highest BCUT2D eigenvalue weighted by Crippen LogP contribution is 2.12. The first-order valence-corrected chi connectivity index (χ1v) is 9.66. The molecule has 0 rings (SSSR count). The summed E-state index contributed by atoms with van der Waals surface area (Å²) in [5.41, 5.74) is 0. The van der Waals surface area contributed by atoms with Crippen LogP contribution in [-0.4, -0.2) is 24.1 Å². The number of carbonyl (C=O) groups is 2. The Kier molecular flexibility index (Phi) is 14.4. The summed E-state index contributed by atoms with van der Waals surface area (Å²) in [7, 11) is 0. The molecule has 0 aliphatic carbocycles. The van der Waals surface area contributed by atoms with Gasteiger partial charge in [-0.25, -0.2) is 9.59 Å². The van der Waals surface area contributed by atoms with E-state index in [4.69, 9.17) is 9.47 Å². The molecule has 4 nitrogen and oxygen atoms in total. The second kappa shape index (κ2) is 15.2. The van der Waals surface area contributed by atoms with Crippen LogP contribution in [0.25, 0.3) is 0 Å². The van der Waals surface area contributed by atoms with Crippen molar-refractivity contribution in [3.63, 3.8) is 0 Å². The van der Waals surface area contributed by atoms with E-state index in [2.05, 4.69) is 13.8 Å². The van der Waals surface area contributed by atoms with Gasteiger partial charge in [-0.3, -0.25) is 0 Å². The van der Waals surface area contributed by atoms with Gasteiger partial charge in [0.15, 0.2) is 0 Å². The van der Waals surface area contributed by atoms with Crippen molar-refractivity contribution in [1.29, 1.82) is 0 Å². The van der Waals surface area contributed by atoms with E-state index in [-0.39, 0.29) is 12.2 Å². The van der Waals surface area contributed by atoms with Crippen molar-refractivity contribution in [2.75, 3.05) is 0 Å². The summed E-state index contributed by atoms with van der Waals surface area (Å²) < 4.78 is 10.7. The van der Waals surface area contributed by atoms with Gasteiger partial charge in [-0.15, -0.1) is 0 Å². The van der Waals surface area contributed by atoms with Gasteiger partial charge in [-0.1, -0.05) is 53.4 Å². The second-order valence-electron chi connectivity index (χ2n) is 6.26. The predicted molar refractivity (Wildman–Crippen MR) is 97.8 cm³/mol. The van der Waals surface area contributed by atoms with Gasteiger partial charge in [0.2, 0.25) is 0 Å². The Labute approximate surface area is 148 Å². The normalized spacial score (nSPS) is 13.7. The molecule has 0 aromatic rings. The first-order chi connectivity index (χ1) is 11.6. The van der Waals surface area contributed by atoms with Gasteiger partial charge >= 0.3 is 11.9 Å².